The first kappa shape index (κ1) is 28.5. The molecule has 1 aliphatic rings. The van der Waals surface area contributed by atoms with Gasteiger partial charge in [-0.25, -0.2) is 9.48 Å². The van der Waals surface area contributed by atoms with Crippen LogP contribution in [0.3, 0.4) is 0 Å². The average Bonchev–Trinajstić information content (AvgIpc) is 3.56. The fourth-order valence-corrected chi connectivity index (χ4v) is 6.38. The standard InChI is InChI=1S/C34H30BrN3O5/c1-34(2)19-27(39)25-18-26(20-10-12-21(35)13-11-20)37(22-14-16-24(42-3)17-15-22)31(25)29(34)28-30(33(41)43-4)36-38(32(28)40)23-8-6-5-7-9-23/h5-18,29,36H,19H2,1-4H3. The van der Waals surface area contributed by atoms with Crippen LogP contribution in [0.25, 0.3) is 22.6 Å². The van der Waals surface area contributed by atoms with Gasteiger partial charge in [0.25, 0.3) is 5.56 Å². The molecule has 1 N–H and O–H groups in total. The van der Waals surface area contributed by atoms with Gasteiger partial charge in [-0.1, -0.05) is 60.1 Å². The van der Waals surface area contributed by atoms with Gasteiger partial charge < -0.3 is 14.0 Å². The van der Waals surface area contributed by atoms with Crippen molar-refractivity contribution in [3.05, 3.63) is 122 Å². The van der Waals surface area contributed by atoms with E-state index in [0.717, 1.165) is 21.4 Å². The van der Waals surface area contributed by atoms with E-state index in [4.69, 9.17) is 9.47 Å². The average molecular weight is 641 g/mol. The van der Waals surface area contributed by atoms with Crippen molar-refractivity contribution in [2.24, 2.45) is 5.41 Å². The summed E-state index contributed by atoms with van der Waals surface area (Å²) in [6.07, 6.45) is 0.188. The SMILES string of the molecule is COC(=O)c1[nH]n(-c2ccccc2)c(=O)c1C1c2c(cc(-c3ccc(Br)cc3)n2-c2ccc(OC)cc2)C(=O)CC1(C)C. The zero-order valence-corrected chi connectivity index (χ0v) is 25.8. The van der Waals surface area contributed by atoms with Crippen LogP contribution in [0.4, 0.5) is 0 Å². The number of carbonyl (C=O) groups excluding carboxylic acids is 2. The number of rotatable bonds is 6. The number of fused-ring (bicyclic) bond motifs is 1. The number of ketones is 1. The molecule has 0 amide bonds. The summed E-state index contributed by atoms with van der Waals surface area (Å²) < 4.78 is 14.9. The number of esters is 1. The number of nitrogens with zero attached hydrogens (tertiary/aromatic N) is 2. The van der Waals surface area contributed by atoms with E-state index >= 15 is 0 Å². The Kier molecular flexibility index (Phi) is 7.22. The fourth-order valence-electron chi connectivity index (χ4n) is 6.12. The number of ether oxygens (including phenoxy) is 2. The van der Waals surface area contributed by atoms with Crippen LogP contribution >= 0.6 is 15.9 Å². The molecule has 0 aliphatic heterocycles. The van der Waals surface area contributed by atoms with Crippen molar-refractivity contribution in [3.63, 3.8) is 0 Å². The van der Waals surface area contributed by atoms with Crippen molar-refractivity contribution in [1.29, 1.82) is 0 Å². The number of aromatic nitrogens is 3. The van der Waals surface area contributed by atoms with Crippen LogP contribution < -0.4 is 10.3 Å². The van der Waals surface area contributed by atoms with Crippen molar-refractivity contribution in [1.82, 2.24) is 14.3 Å². The molecule has 43 heavy (non-hydrogen) atoms. The summed E-state index contributed by atoms with van der Waals surface area (Å²) in [4.78, 5) is 41.4. The lowest BCUT2D eigenvalue weighted by molar-refractivity contribution is 0.0591. The smallest absolute Gasteiger partial charge is 0.356 e. The Bertz CT molecular complexity index is 1900. The summed E-state index contributed by atoms with van der Waals surface area (Å²) in [5, 5.41) is 3.03. The molecule has 0 saturated carbocycles. The van der Waals surface area contributed by atoms with Gasteiger partial charge in [-0.2, -0.15) is 0 Å². The number of aromatic amines is 1. The molecule has 9 heteroatoms. The highest BCUT2D eigenvalue weighted by molar-refractivity contribution is 9.10. The van der Waals surface area contributed by atoms with Gasteiger partial charge in [0, 0.05) is 33.8 Å². The van der Waals surface area contributed by atoms with Crippen molar-refractivity contribution in [2.45, 2.75) is 26.2 Å². The monoisotopic (exact) mass is 639 g/mol. The predicted molar refractivity (Wildman–Crippen MR) is 168 cm³/mol. The van der Waals surface area contributed by atoms with Crippen molar-refractivity contribution >= 4 is 27.7 Å². The van der Waals surface area contributed by atoms with Crippen molar-refractivity contribution in [3.8, 4) is 28.4 Å². The quantitative estimate of drug-likeness (QED) is 0.203. The van der Waals surface area contributed by atoms with E-state index < -0.39 is 17.3 Å². The van der Waals surface area contributed by atoms with Gasteiger partial charge in [0.2, 0.25) is 0 Å². The van der Waals surface area contributed by atoms with Crippen LogP contribution in [-0.2, 0) is 4.74 Å². The lowest BCUT2D eigenvalue weighted by Crippen LogP contribution is -2.37. The number of carbonyl (C=O) groups is 2. The predicted octanol–water partition coefficient (Wildman–Crippen LogP) is 6.93. The van der Waals surface area contributed by atoms with Gasteiger partial charge in [-0.3, -0.25) is 14.7 Å². The second-order valence-corrected chi connectivity index (χ2v) is 12.2. The van der Waals surface area contributed by atoms with Crippen LogP contribution in [0.5, 0.6) is 5.75 Å². The molecule has 6 rings (SSSR count). The Morgan fingerprint density at radius 3 is 2.23 bits per heavy atom. The largest absolute Gasteiger partial charge is 0.497 e. The molecule has 0 radical (unpaired) electrons. The number of hydrogen-bond acceptors (Lipinski definition) is 5. The van der Waals surface area contributed by atoms with Gasteiger partial charge in [0.05, 0.1) is 31.2 Å². The lowest BCUT2D eigenvalue weighted by Gasteiger charge is -2.38. The van der Waals surface area contributed by atoms with E-state index in [9.17, 15) is 14.4 Å². The highest BCUT2D eigenvalue weighted by atomic mass is 79.9. The molecule has 0 spiro atoms. The summed E-state index contributed by atoms with van der Waals surface area (Å²) in [6.45, 7) is 3.92. The third kappa shape index (κ3) is 4.83. The van der Waals surface area contributed by atoms with Gasteiger partial charge in [-0.15, -0.1) is 0 Å². The molecule has 218 valence electrons. The molecule has 2 aromatic heterocycles. The second kappa shape index (κ2) is 10.9. The molecule has 0 saturated heterocycles. The molecule has 5 aromatic rings. The maximum absolute atomic E-state index is 14.3. The number of halogens is 1. The molecular weight excluding hydrogens is 610 g/mol. The normalized spacial score (nSPS) is 15.7. The minimum absolute atomic E-state index is 0.0274. The maximum Gasteiger partial charge on any atom is 0.356 e. The fraction of sp³-hybridized carbons (Fsp3) is 0.206. The summed E-state index contributed by atoms with van der Waals surface area (Å²) >= 11 is 3.52. The highest BCUT2D eigenvalue weighted by Gasteiger charge is 2.47. The molecule has 0 bridgehead atoms. The first-order valence-electron chi connectivity index (χ1n) is 13.8. The number of Topliss-reactive ketones (excluding diaryl/α,β-unsaturated/α-hetero) is 1. The zero-order chi connectivity index (χ0) is 30.5. The Balaban J connectivity index is 1.71. The van der Waals surface area contributed by atoms with Crippen LogP contribution in [0.2, 0.25) is 0 Å². The van der Waals surface area contributed by atoms with E-state index in [2.05, 4.69) is 21.0 Å². The number of benzene rings is 3. The zero-order valence-electron chi connectivity index (χ0n) is 24.2. The number of nitrogens with one attached hydrogen (secondary N) is 1. The van der Waals surface area contributed by atoms with E-state index in [-0.39, 0.29) is 29.0 Å². The summed E-state index contributed by atoms with van der Waals surface area (Å²) in [5.41, 5.74) is 3.40. The van der Waals surface area contributed by atoms with Crippen LogP contribution in [-0.4, -0.2) is 40.3 Å². The van der Waals surface area contributed by atoms with Gasteiger partial charge in [0.1, 0.15) is 11.4 Å². The molecule has 8 nitrogen and oxygen atoms in total. The number of para-hydroxylation sites is 1. The van der Waals surface area contributed by atoms with Crippen LogP contribution in [0.15, 0.2) is 94.2 Å². The summed E-state index contributed by atoms with van der Waals surface area (Å²) in [6, 6.07) is 26.4. The molecular formula is C34H30BrN3O5. The van der Waals surface area contributed by atoms with Crippen LogP contribution in [0.1, 0.15) is 58.3 Å². The topological polar surface area (TPSA) is 95.3 Å². The van der Waals surface area contributed by atoms with E-state index in [0.29, 0.717) is 22.7 Å². The number of H-pyrrole nitrogens is 1. The van der Waals surface area contributed by atoms with Crippen molar-refractivity contribution < 1.29 is 19.1 Å². The molecule has 1 atom stereocenters. The summed E-state index contributed by atoms with van der Waals surface area (Å²) in [7, 11) is 2.89. The van der Waals surface area contributed by atoms with E-state index in [1.54, 1.807) is 19.2 Å². The maximum atomic E-state index is 14.3. The third-order valence-corrected chi connectivity index (χ3v) is 8.63. The number of methoxy groups -OCH3 is 2. The van der Waals surface area contributed by atoms with Gasteiger partial charge in [-0.05, 0) is 65.6 Å². The molecule has 3 aromatic carbocycles. The highest BCUT2D eigenvalue weighted by Crippen LogP contribution is 2.51. The lowest BCUT2D eigenvalue weighted by atomic mass is 9.65. The first-order chi connectivity index (χ1) is 20.6. The summed E-state index contributed by atoms with van der Waals surface area (Å²) in [5.74, 6) is -0.645. The van der Waals surface area contributed by atoms with Crippen molar-refractivity contribution in [2.75, 3.05) is 14.2 Å². The minimum atomic E-state index is -0.734. The Labute approximate surface area is 257 Å². The Morgan fingerprint density at radius 1 is 0.930 bits per heavy atom. The first-order valence-corrected chi connectivity index (χ1v) is 14.6. The molecule has 1 unspecified atom stereocenters. The van der Waals surface area contributed by atoms with Gasteiger partial charge in [0.15, 0.2) is 5.78 Å². The minimum Gasteiger partial charge on any atom is -0.497 e. The number of hydrogen-bond donors (Lipinski definition) is 1. The van der Waals surface area contributed by atoms with E-state index in [1.165, 1.54) is 11.8 Å². The molecule has 1 aliphatic carbocycles. The van der Waals surface area contributed by atoms with Gasteiger partial charge >= 0.3 is 5.97 Å². The molecule has 2 heterocycles. The van der Waals surface area contributed by atoms with E-state index in [1.807, 2.05) is 91.2 Å². The molecule has 0 fully saturated rings. The Morgan fingerprint density at radius 2 is 1.60 bits per heavy atom. The second-order valence-electron chi connectivity index (χ2n) is 11.3. The third-order valence-electron chi connectivity index (χ3n) is 8.10. The Hall–Kier alpha value is -4.63. The van der Waals surface area contributed by atoms with Crippen LogP contribution in [0, 0.1) is 5.41 Å².